The van der Waals surface area contributed by atoms with Crippen molar-refractivity contribution in [3.8, 4) is 11.3 Å². The number of hydrogen-bond acceptors (Lipinski definition) is 3. The second-order valence-corrected chi connectivity index (χ2v) is 8.16. The number of benzene rings is 3. The van der Waals surface area contributed by atoms with Gasteiger partial charge in [-0.1, -0.05) is 103 Å². The number of hydrogen-bond donors (Lipinski definition) is 0. The van der Waals surface area contributed by atoms with E-state index in [-0.39, 0.29) is 10.6 Å². The first-order chi connectivity index (χ1) is 16.7. The van der Waals surface area contributed by atoms with E-state index in [0.29, 0.717) is 17.5 Å². The summed E-state index contributed by atoms with van der Waals surface area (Å²) >= 11 is 6.03. The van der Waals surface area contributed by atoms with E-state index in [1.165, 1.54) is 6.20 Å². The molecule has 2 heterocycles. The Kier molecular flexibility index (Phi) is 5.78. The SMILES string of the molecule is O=Cc1c(-c2cn(C(c3ccccc3)(c3ccccc3)c3ccccc3)cn2)cnc(F)c1Cl. The third-order valence-corrected chi connectivity index (χ3v) is 6.31. The molecule has 0 radical (unpaired) electrons. The van der Waals surface area contributed by atoms with Crippen molar-refractivity contribution in [1.82, 2.24) is 14.5 Å². The highest BCUT2D eigenvalue weighted by molar-refractivity contribution is 6.33. The second-order valence-electron chi connectivity index (χ2n) is 7.78. The number of rotatable bonds is 6. The van der Waals surface area contributed by atoms with Gasteiger partial charge in [0.1, 0.15) is 10.6 Å². The third kappa shape index (κ3) is 3.51. The Balaban J connectivity index is 1.82. The summed E-state index contributed by atoms with van der Waals surface area (Å²) < 4.78 is 15.9. The van der Waals surface area contributed by atoms with Crippen molar-refractivity contribution in [1.29, 1.82) is 0 Å². The van der Waals surface area contributed by atoms with Crippen molar-refractivity contribution in [2.45, 2.75) is 5.54 Å². The van der Waals surface area contributed by atoms with E-state index in [2.05, 4.69) is 46.4 Å². The van der Waals surface area contributed by atoms with E-state index in [4.69, 9.17) is 11.6 Å². The average Bonchev–Trinajstić information content (AvgIpc) is 3.38. The van der Waals surface area contributed by atoms with Crippen LogP contribution >= 0.6 is 11.6 Å². The number of aldehydes is 1. The maximum atomic E-state index is 13.9. The molecular weight excluding hydrogens is 449 g/mol. The molecule has 0 bridgehead atoms. The third-order valence-electron chi connectivity index (χ3n) is 5.95. The van der Waals surface area contributed by atoms with Crippen LogP contribution in [-0.2, 0) is 5.54 Å². The molecule has 4 nitrogen and oxygen atoms in total. The molecule has 166 valence electrons. The van der Waals surface area contributed by atoms with Crippen LogP contribution in [0.4, 0.5) is 4.39 Å². The van der Waals surface area contributed by atoms with Crippen LogP contribution in [-0.4, -0.2) is 20.8 Å². The molecule has 2 aromatic heterocycles. The molecule has 6 heteroatoms. The van der Waals surface area contributed by atoms with Crippen LogP contribution in [0.2, 0.25) is 5.02 Å². The van der Waals surface area contributed by atoms with Crippen LogP contribution in [0.1, 0.15) is 27.0 Å². The molecule has 0 amide bonds. The quantitative estimate of drug-likeness (QED) is 0.165. The summed E-state index contributed by atoms with van der Waals surface area (Å²) in [4.78, 5) is 20.0. The van der Waals surface area contributed by atoms with Crippen LogP contribution in [0.5, 0.6) is 0 Å². The first kappa shape index (κ1) is 21.7. The summed E-state index contributed by atoms with van der Waals surface area (Å²) in [6, 6.07) is 30.4. The highest BCUT2D eigenvalue weighted by Gasteiger charge is 2.38. The van der Waals surface area contributed by atoms with E-state index in [9.17, 15) is 9.18 Å². The van der Waals surface area contributed by atoms with E-state index < -0.39 is 11.5 Å². The maximum absolute atomic E-state index is 13.9. The first-order valence-electron chi connectivity index (χ1n) is 10.7. The number of carbonyl (C=O) groups is 1. The Labute approximate surface area is 201 Å². The lowest BCUT2D eigenvalue weighted by Crippen LogP contribution is -2.36. The molecule has 0 aliphatic rings. The van der Waals surface area contributed by atoms with Crippen LogP contribution in [0.15, 0.2) is 110 Å². The summed E-state index contributed by atoms with van der Waals surface area (Å²) in [6.45, 7) is 0. The first-order valence-corrected chi connectivity index (χ1v) is 11.0. The molecule has 0 fully saturated rings. The van der Waals surface area contributed by atoms with Crippen molar-refractivity contribution in [2.24, 2.45) is 0 Å². The molecule has 5 rings (SSSR count). The Morgan fingerprint density at radius 3 is 1.76 bits per heavy atom. The second kappa shape index (κ2) is 9.04. The van der Waals surface area contributed by atoms with Crippen LogP contribution < -0.4 is 0 Å². The molecule has 0 aliphatic carbocycles. The molecule has 0 spiro atoms. The van der Waals surface area contributed by atoms with E-state index in [1.807, 2.05) is 65.4 Å². The van der Waals surface area contributed by atoms with E-state index in [1.54, 1.807) is 6.33 Å². The summed E-state index contributed by atoms with van der Waals surface area (Å²) in [5, 5.41) is -0.317. The normalized spacial score (nSPS) is 11.4. The fraction of sp³-hybridized carbons (Fsp3) is 0.0357. The lowest BCUT2D eigenvalue weighted by molar-refractivity contribution is 0.112. The lowest BCUT2D eigenvalue weighted by atomic mass is 9.77. The largest absolute Gasteiger partial charge is 0.318 e. The Morgan fingerprint density at radius 1 is 0.794 bits per heavy atom. The Hall–Kier alpha value is -4.09. The predicted octanol–water partition coefficient (Wildman–Crippen LogP) is 6.39. The average molecular weight is 468 g/mol. The van der Waals surface area contributed by atoms with Gasteiger partial charge < -0.3 is 4.57 Å². The van der Waals surface area contributed by atoms with Crippen molar-refractivity contribution in [3.05, 3.63) is 143 Å². The smallest absolute Gasteiger partial charge is 0.232 e. The molecule has 3 aromatic carbocycles. The number of pyridine rings is 1. The zero-order valence-electron chi connectivity index (χ0n) is 18.0. The summed E-state index contributed by atoms with van der Waals surface area (Å²) in [5.41, 5.74) is 3.18. The van der Waals surface area contributed by atoms with Crippen LogP contribution in [0.3, 0.4) is 0 Å². The molecule has 0 N–H and O–H groups in total. The van der Waals surface area contributed by atoms with Crippen molar-refractivity contribution >= 4 is 17.9 Å². The predicted molar refractivity (Wildman–Crippen MR) is 130 cm³/mol. The molecule has 0 unspecified atom stereocenters. The summed E-state index contributed by atoms with van der Waals surface area (Å²) in [7, 11) is 0. The number of halogens is 2. The standard InChI is InChI=1S/C28H19ClFN3O/c29-26-24(18-34)23(16-31-27(26)30)25-17-33(19-32-25)28(20-10-4-1-5-11-20,21-12-6-2-7-13-21)22-14-8-3-9-15-22/h1-19H. The fourth-order valence-corrected chi connectivity index (χ4v) is 4.62. The minimum atomic E-state index is -0.890. The van der Waals surface area contributed by atoms with Gasteiger partial charge in [0.15, 0.2) is 6.29 Å². The van der Waals surface area contributed by atoms with Gasteiger partial charge in [0.05, 0.1) is 12.0 Å². The highest BCUT2D eigenvalue weighted by Crippen LogP contribution is 2.41. The minimum Gasteiger partial charge on any atom is -0.318 e. The van der Waals surface area contributed by atoms with Gasteiger partial charge in [0.25, 0.3) is 0 Å². The summed E-state index contributed by atoms with van der Waals surface area (Å²) in [6.07, 6.45) is 5.37. The van der Waals surface area contributed by atoms with Crippen LogP contribution in [0.25, 0.3) is 11.3 Å². The number of aromatic nitrogens is 3. The molecule has 34 heavy (non-hydrogen) atoms. The van der Waals surface area contributed by atoms with Crippen molar-refractivity contribution in [2.75, 3.05) is 0 Å². The molecule has 0 saturated carbocycles. The Bertz CT molecular complexity index is 1340. The van der Waals surface area contributed by atoms with Crippen LogP contribution in [0, 0.1) is 5.95 Å². The van der Waals surface area contributed by atoms with Gasteiger partial charge >= 0.3 is 0 Å². The monoisotopic (exact) mass is 467 g/mol. The van der Waals surface area contributed by atoms with Gasteiger partial charge in [-0.25, -0.2) is 9.97 Å². The lowest BCUT2D eigenvalue weighted by Gasteiger charge is -2.37. The van der Waals surface area contributed by atoms with Gasteiger partial charge in [-0.2, -0.15) is 4.39 Å². The van der Waals surface area contributed by atoms with Crippen molar-refractivity contribution < 1.29 is 9.18 Å². The van der Waals surface area contributed by atoms with Crippen molar-refractivity contribution in [3.63, 3.8) is 0 Å². The number of carbonyl (C=O) groups excluding carboxylic acids is 1. The van der Waals surface area contributed by atoms with E-state index >= 15 is 0 Å². The van der Waals surface area contributed by atoms with Gasteiger partial charge in [0.2, 0.25) is 5.95 Å². The zero-order chi connectivity index (χ0) is 23.5. The Morgan fingerprint density at radius 2 is 1.29 bits per heavy atom. The van der Waals surface area contributed by atoms with Gasteiger partial charge in [0, 0.05) is 23.5 Å². The molecular formula is C28H19ClFN3O. The molecule has 0 atom stereocenters. The molecule has 5 aromatic rings. The van der Waals surface area contributed by atoms with E-state index in [0.717, 1.165) is 16.7 Å². The van der Waals surface area contributed by atoms with Gasteiger partial charge in [-0.05, 0) is 16.7 Å². The van der Waals surface area contributed by atoms with Gasteiger partial charge in [-0.3, -0.25) is 4.79 Å². The number of nitrogens with zero attached hydrogens (tertiary/aromatic N) is 3. The number of imidazole rings is 1. The highest BCUT2D eigenvalue weighted by atomic mass is 35.5. The minimum absolute atomic E-state index is 0.0177. The molecule has 0 saturated heterocycles. The zero-order valence-corrected chi connectivity index (χ0v) is 18.7. The topological polar surface area (TPSA) is 47.8 Å². The fourth-order valence-electron chi connectivity index (χ4n) is 4.43. The van der Waals surface area contributed by atoms with Gasteiger partial charge in [-0.15, -0.1) is 0 Å². The summed E-state index contributed by atoms with van der Waals surface area (Å²) in [5.74, 6) is -0.890. The maximum Gasteiger partial charge on any atom is 0.232 e. The molecule has 0 aliphatic heterocycles.